The van der Waals surface area contributed by atoms with Gasteiger partial charge in [0.1, 0.15) is 5.69 Å². The number of ether oxygens (including phenoxy) is 1. The third kappa shape index (κ3) is 5.10. The summed E-state index contributed by atoms with van der Waals surface area (Å²) in [5, 5.41) is 2.87. The number of nitrogens with zero attached hydrogens (tertiary/aromatic N) is 3. The number of carbonyl (C=O) groups is 1. The Morgan fingerprint density at radius 1 is 1.37 bits per heavy atom. The van der Waals surface area contributed by atoms with Crippen LogP contribution in [0.15, 0.2) is 29.3 Å². The van der Waals surface area contributed by atoms with E-state index in [0.717, 1.165) is 16.2 Å². The Labute approximate surface area is 177 Å². The molecule has 3 rings (SSSR count). The molecule has 1 N–H and O–H groups in total. The van der Waals surface area contributed by atoms with Crippen molar-refractivity contribution in [2.45, 2.75) is 37.4 Å². The van der Waals surface area contributed by atoms with Gasteiger partial charge in [0, 0.05) is 49.0 Å². The monoisotopic (exact) mass is 442 g/mol. The number of hydrogen-bond donors (Lipinski definition) is 1. The number of aromatic nitrogens is 2. The van der Waals surface area contributed by atoms with Crippen molar-refractivity contribution in [3.8, 4) is 5.88 Å². The van der Waals surface area contributed by atoms with Gasteiger partial charge in [0.2, 0.25) is 5.88 Å². The number of methoxy groups -OCH3 is 1. The van der Waals surface area contributed by atoms with Crippen molar-refractivity contribution < 1.29 is 22.7 Å². The standard InChI is InChI=1S/C20H25F3N4O2S/c1-13-17(30-27-9-6-15(7-10-27)20(21,22)23)11-16(26(13)2)18(28)25-12-14-5-4-8-24-19(14)29-3/h4-5,8,11,15H,6-7,9-10,12H2,1-3H3,(H,25,28). The molecule has 30 heavy (non-hydrogen) atoms. The minimum Gasteiger partial charge on any atom is -0.481 e. The predicted molar refractivity (Wildman–Crippen MR) is 108 cm³/mol. The van der Waals surface area contributed by atoms with Crippen molar-refractivity contribution in [3.05, 3.63) is 41.3 Å². The molecule has 164 valence electrons. The zero-order valence-corrected chi connectivity index (χ0v) is 17.9. The van der Waals surface area contributed by atoms with Crippen LogP contribution < -0.4 is 10.1 Å². The van der Waals surface area contributed by atoms with E-state index >= 15 is 0 Å². The molecule has 2 aromatic heterocycles. The van der Waals surface area contributed by atoms with E-state index in [2.05, 4.69) is 10.3 Å². The van der Waals surface area contributed by atoms with Crippen LogP contribution in [0.3, 0.4) is 0 Å². The van der Waals surface area contributed by atoms with Crippen molar-refractivity contribution >= 4 is 17.9 Å². The number of carbonyl (C=O) groups excluding carboxylic acids is 1. The summed E-state index contributed by atoms with van der Waals surface area (Å²) in [4.78, 5) is 17.7. The van der Waals surface area contributed by atoms with Gasteiger partial charge in [-0.2, -0.15) is 13.2 Å². The molecule has 6 nitrogen and oxygen atoms in total. The van der Waals surface area contributed by atoms with Gasteiger partial charge < -0.3 is 14.6 Å². The summed E-state index contributed by atoms with van der Waals surface area (Å²) in [7, 11) is 3.32. The summed E-state index contributed by atoms with van der Waals surface area (Å²) >= 11 is 1.41. The maximum atomic E-state index is 12.9. The second-order valence-corrected chi connectivity index (χ2v) is 8.37. The fourth-order valence-corrected chi connectivity index (χ4v) is 4.51. The Bertz CT molecular complexity index is 893. The number of piperidine rings is 1. The van der Waals surface area contributed by atoms with Crippen LogP contribution in [-0.4, -0.2) is 46.1 Å². The van der Waals surface area contributed by atoms with Crippen LogP contribution in [0.2, 0.25) is 0 Å². The number of hydrogen-bond acceptors (Lipinski definition) is 5. The second-order valence-electron chi connectivity index (χ2n) is 7.23. The predicted octanol–water partition coefficient (Wildman–Crippen LogP) is 3.95. The van der Waals surface area contributed by atoms with Crippen molar-refractivity contribution in [1.82, 2.24) is 19.2 Å². The highest BCUT2D eigenvalue weighted by molar-refractivity contribution is 7.97. The fraction of sp³-hybridized carbons (Fsp3) is 0.500. The first kappa shape index (κ1) is 22.5. The zero-order valence-electron chi connectivity index (χ0n) is 17.1. The third-order valence-electron chi connectivity index (χ3n) is 5.35. The maximum Gasteiger partial charge on any atom is 0.391 e. The molecule has 0 aromatic carbocycles. The van der Waals surface area contributed by atoms with Gasteiger partial charge in [0.25, 0.3) is 5.91 Å². The molecule has 0 bridgehead atoms. The Hall–Kier alpha value is -2.20. The highest BCUT2D eigenvalue weighted by Crippen LogP contribution is 2.38. The molecular weight excluding hydrogens is 417 g/mol. The molecule has 1 amide bonds. The molecular formula is C20H25F3N4O2S. The number of rotatable bonds is 6. The van der Waals surface area contributed by atoms with Crippen LogP contribution in [0.4, 0.5) is 13.2 Å². The van der Waals surface area contributed by atoms with Crippen LogP contribution in [0, 0.1) is 12.8 Å². The lowest BCUT2D eigenvalue weighted by Gasteiger charge is -2.31. The van der Waals surface area contributed by atoms with Crippen LogP contribution >= 0.6 is 11.9 Å². The first-order valence-corrected chi connectivity index (χ1v) is 10.4. The van der Waals surface area contributed by atoms with Gasteiger partial charge in [-0.1, -0.05) is 6.07 Å². The first-order valence-electron chi connectivity index (χ1n) is 9.62. The van der Waals surface area contributed by atoms with E-state index in [1.807, 2.05) is 17.3 Å². The van der Waals surface area contributed by atoms with E-state index in [9.17, 15) is 18.0 Å². The Kier molecular flexibility index (Phi) is 6.97. The van der Waals surface area contributed by atoms with Crippen LogP contribution in [-0.2, 0) is 13.6 Å². The molecule has 3 heterocycles. The van der Waals surface area contributed by atoms with E-state index < -0.39 is 12.1 Å². The van der Waals surface area contributed by atoms with Gasteiger partial charge in [0.15, 0.2) is 0 Å². The van der Waals surface area contributed by atoms with E-state index in [1.165, 1.54) is 19.1 Å². The second kappa shape index (κ2) is 9.30. The number of amides is 1. The minimum atomic E-state index is -4.12. The lowest BCUT2D eigenvalue weighted by atomic mass is 9.98. The molecule has 1 saturated heterocycles. The van der Waals surface area contributed by atoms with Gasteiger partial charge in [-0.15, -0.1) is 0 Å². The van der Waals surface area contributed by atoms with Crippen molar-refractivity contribution in [3.63, 3.8) is 0 Å². The molecule has 0 saturated carbocycles. The van der Waals surface area contributed by atoms with Crippen LogP contribution in [0.1, 0.15) is 34.6 Å². The summed E-state index contributed by atoms with van der Waals surface area (Å²) < 4.78 is 47.5. The molecule has 0 aliphatic carbocycles. The molecule has 1 fully saturated rings. The normalized spacial score (nSPS) is 15.9. The van der Waals surface area contributed by atoms with Gasteiger partial charge in [0.05, 0.1) is 13.0 Å². The lowest BCUT2D eigenvalue weighted by Crippen LogP contribution is -2.35. The van der Waals surface area contributed by atoms with Crippen molar-refractivity contribution in [2.24, 2.45) is 13.0 Å². The van der Waals surface area contributed by atoms with E-state index in [-0.39, 0.29) is 25.3 Å². The summed E-state index contributed by atoms with van der Waals surface area (Å²) in [5.41, 5.74) is 2.14. The smallest absolute Gasteiger partial charge is 0.391 e. The topological polar surface area (TPSA) is 59.4 Å². The van der Waals surface area contributed by atoms with Gasteiger partial charge in [-0.25, -0.2) is 9.29 Å². The summed E-state index contributed by atoms with van der Waals surface area (Å²) in [5.74, 6) is -1.01. The molecule has 0 atom stereocenters. The molecule has 0 spiro atoms. The highest BCUT2D eigenvalue weighted by Gasteiger charge is 2.41. The SMILES string of the molecule is COc1ncccc1CNC(=O)c1cc(SN2CCC(C(F)(F)F)CC2)c(C)n1C. The van der Waals surface area contributed by atoms with Gasteiger partial charge >= 0.3 is 6.18 Å². The molecule has 1 aliphatic rings. The average molecular weight is 443 g/mol. The quantitative estimate of drug-likeness (QED) is 0.687. The minimum absolute atomic E-state index is 0.0999. The molecule has 2 aromatic rings. The number of halogens is 3. The van der Waals surface area contributed by atoms with Crippen LogP contribution in [0.25, 0.3) is 0 Å². The van der Waals surface area contributed by atoms with Gasteiger partial charge in [-0.05, 0) is 43.8 Å². The zero-order chi connectivity index (χ0) is 21.9. The summed E-state index contributed by atoms with van der Waals surface area (Å²) in [6, 6.07) is 5.38. The molecule has 0 radical (unpaired) electrons. The Morgan fingerprint density at radius 3 is 2.70 bits per heavy atom. The summed E-state index contributed by atoms with van der Waals surface area (Å²) in [6.45, 7) is 2.90. The van der Waals surface area contributed by atoms with E-state index in [1.54, 1.807) is 29.9 Å². The number of pyridine rings is 1. The third-order valence-corrected chi connectivity index (χ3v) is 6.58. The highest BCUT2D eigenvalue weighted by atomic mass is 32.2. The Morgan fingerprint density at radius 2 is 2.07 bits per heavy atom. The molecule has 1 aliphatic heterocycles. The maximum absolute atomic E-state index is 12.9. The van der Waals surface area contributed by atoms with Gasteiger partial charge in [-0.3, -0.25) is 4.79 Å². The summed E-state index contributed by atoms with van der Waals surface area (Å²) in [6.07, 6.45) is -2.31. The lowest BCUT2D eigenvalue weighted by molar-refractivity contribution is -0.182. The molecule has 0 unspecified atom stereocenters. The Balaban J connectivity index is 1.63. The molecule has 10 heteroatoms. The number of nitrogens with one attached hydrogen (secondary N) is 1. The number of alkyl halides is 3. The van der Waals surface area contributed by atoms with Crippen molar-refractivity contribution in [2.75, 3.05) is 20.2 Å². The fourth-order valence-electron chi connectivity index (χ4n) is 3.40. The average Bonchev–Trinajstić information content (AvgIpc) is 3.00. The van der Waals surface area contributed by atoms with Crippen molar-refractivity contribution in [1.29, 1.82) is 0 Å². The largest absolute Gasteiger partial charge is 0.481 e. The van der Waals surface area contributed by atoms with E-state index in [0.29, 0.717) is 24.7 Å². The van der Waals surface area contributed by atoms with Crippen LogP contribution in [0.5, 0.6) is 5.88 Å². The first-order chi connectivity index (χ1) is 14.2. The van der Waals surface area contributed by atoms with E-state index in [4.69, 9.17) is 4.74 Å².